The summed E-state index contributed by atoms with van der Waals surface area (Å²) in [6, 6.07) is 1.77. The molecule has 0 saturated carbocycles. The third-order valence-electron chi connectivity index (χ3n) is 1.81. The van der Waals surface area contributed by atoms with Crippen molar-refractivity contribution in [3.63, 3.8) is 0 Å². The van der Waals surface area contributed by atoms with E-state index in [0.717, 1.165) is 5.69 Å². The van der Waals surface area contributed by atoms with Crippen LogP contribution in [0.25, 0.3) is 0 Å². The van der Waals surface area contributed by atoms with Crippen LogP contribution in [-0.4, -0.2) is 16.8 Å². The Kier molecular flexibility index (Phi) is 2.72. The predicted octanol–water partition coefficient (Wildman–Crippen LogP) is 1.43. The number of ether oxygens (including phenoxy) is 1. The Hall–Kier alpha value is -1.29. The Balaban J connectivity index is 2.74. The van der Waals surface area contributed by atoms with Crippen molar-refractivity contribution >= 4 is 5.82 Å². The normalized spacial score (nSPS) is 11.5. The lowest BCUT2D eigenvalue weighted by molar-refractivity contribution is -0.00803. The zero-order chi connectivity index (χ0) is 9.90. The average molecular weight is 181 g/mol. The Morgan fingerprint density at radius 1 is 1.77 bits per heavy atom. The van der Waals surface area contributed by atoms with Gasteiger partial charge in [0, 0.05) is 6.07 Å². The van der Waals surface area contributed by atoms with Gasteiger partial charge >= 0.3 is 0 Å². The summed E-state index contributed by atoms with van der Waals surface area (Å²) in [5, 5.41) is 6.66. The second kappa shape index (κ2) is 3.62. The highest BCUT2D eigenvalue weighted by atomic mass is 16.5. The van der Waals surface area contributed by atoms with Gasteiger partial charge in [-0.05, 0) is 13.8 Å². The first-order valence-electron chi connectivity index (χ1n) is 4.12. The molecule has 72 valence electrons. The molecule has 13 heavy (non-hydrogen) atoms. The molecule has 0 bridgehead atoms. The van der Waals surface area contributed by atoms with Crippen molar-refractivity contribution < 1.29 is 4.74 Å². The van der Waals surface area contributed by atoms with Gasteiger partial charge in [0.25, 0.3) is 0 Å². The number of anilines is 1. The van der Waals surface area contributed by atoms with Crippen LogP contribution in [0.4, 0.5) is 5.82 Å². The Labute approximate surface area is 77.8 Å². The van der Waals surface area contributed by atoms with Crippen LogP contribution in [0.2, 0.25) is 0 Å². The lowest BCUT2D eigenvalue weighted by Crippen LogP contribution is -2.22. The van der Waals surface area contributed by atoms with E-state index < -0.39 is 5.60 Å². The van der Waals surface area contributed by atoms with E-state index >= 15 is 0 Å². The van der Waals surface area contributed by atoms with Crippen LogP contribution in [0.15, 0.2) is 18.7 Å². The number of aromatic nitrogens is 2. The van der Waals surface area contributed by atoms with E-state index in [1.165, 1.54) is 0 Å². The van der Waals surface area contributed by atoms with Crippen LogP contribution >= 0.6 is 0 Å². The molecule has 0 fully saturated rings. The van der Waals surface area contributed by atoms with Gasteiger partial charge in [-0.3, -0.25) is 5.10 Å². The molecule has 0 unspecified atom stereocenters. The Bertz CT molecular complexity index is 291. The Morgan fingerprint density at radius 2 is 2.46 bits per heavy atom. The van der Waals surface area contributed by atoms with E-state index in [0.29, 0.717) is 12.4 Å². The lowest BCUT2D eigenvalue weighted by atomic mass is 10.1. The standard InChI is InChI=1S/C9H15N3O/c1-4-5-13-9(2,3)7-6-8(10)12-11-7/h4,6H,1,5H2,2-3H3,(H3,10,11,12). The molecule has 3 N–H and O–H groups in total. The maximum Gasteiger partial charge on any atom is 0.145 e. The average Bonchev–Trinajstić information content (AvgIpc) is 2.49. The fourth-order valence-electron chi connectivity index (χ4n) is 0.991. The third kappa shape index (κ3) is 2.32. The van der Waals surface area contributed by atoms with Gasteiger partial charge in [0.1, 0.15) is 11.4 Å². The quantitative estimate of drug-likeness (QED) is 0.690. The first-order chi connectivity index (χ1) is 6.06. The molecule has 0 aliphatic carbocycles. The predicted molar refractivity (Wildman–Crippen MR) is 52.2 cm³/mol. The van der Waals surface area contributed by atoms with Crippen molar-refractivity contribution in [1.29, 1.82) is 0 Å². The fraction of sp³-hybridized carbons (Fsp3) is 0.444. The van der Waals surface area contributed by atoms with Gasteiger partial charge in [0.05, 0.1) is 12.3 Å². The molecule has 0 atom stereocenters. The number of rotatable bonds is 4. The zero-order valence-corrected chi connectivity index (χ0v) is 8.00. The molecular weight excluding hydrogens is 166 g/mol. The van der Waals surface area contributed by atoms with E-state index in [1.807, 2.05) is 13.8 Å². The van der Waals surface area contributed by atoms with Crippen molar-refractivity contribution in [2.75, 3.05) is 12.3 Å². The highest BCUT2D eigenvalue weighted by molar-refractivity contribution is 5.30. The molecule has 1 aromatic heterocycles. The van der Waals surface area contributed by atoms with E-state index in [9.17, 15) is 0 Å². The second-order valence-electron chi connectivity index (χ2n) is 3.32. The number of hydrogen-bond acceptors (Lipinski definition) is 3. The van der Waals surface area contributed by atoms with Crippen LogP contribution < -0.4 is 5.73 Å². The number of hydrogen-bond donors (Lipinski definition) is 2. The van der Waals surface area contributed by atoms with Crippen molar-refractivity contribution in [3.05, 3.63) is 24.4 Å². The minimum Gasteiger partial charge on any atom is -0.382 e. The molecule has 0 radical (unpaired) electrons. The number of aromatic amines is 1. The van der Waals surface area contributed by atoms with Crippen molar-refractivity contribution in [2.45, 2.75) is 19.4 Å². The highest BCUT2D eigenvalue weighted by Crippen LogP contribution is 2.23. The van der Waals surface area contributed by atoms with E-state index in [-0.39, 0.29) is 0 Å². The van der Waals surface area contributed by atoms with Crippen molar-refractivity contribution in [1.82, 2.24) is 10.2 Å². The summed E-state index contributed by atoms with van der Waals surface area (Å²) in [7, 11) is 0. The molecule has 0 amide bonds. The van der Waals surface area contributed by atoms with Gasteiger partial charge in [0.15, 0.2) is 0 Å². The first-order valence-corrected chi connectivity index (χ1v) is 4.12. The molecule has 0 saturated heterocycles. The number of nitrogens with two attached hydrogens (primary N) is 1. The van der Waals surface area contributed by atoms with Gasteiger partial charge in [0.2, 0.25) is 0 Å². The van der Waals surface area contributed by atoms with Gasteiger partial charge in [-0.2, -0.15) is 5.10 Å². The molecule has 1 rings (SSSR count). The maximum absolute atomic E-state index is 5.53. The monoisotopic (exact) mass is 181 g/mol. The van der Waals surface area contributed by atoms with Crippen molar-refractivity contribution in [2.24, 2.45) is 0 Å². The molecule has 4 heteroatoms. The van der Waals surface area contributed by atoms with E-state index in [1.54, 1.807) is 12.1 Å². The summed E-state index contributed by atoms with van der Waals surface area (Å²) >= 11 is 0. The molecule has 1 heterocycles. The van der Waals surface area contributed by atoms with Gasteiger partial charge in [-0.25, -0.2) is 0 Å². The number of nitrogens with zero attached hydrogens (tertiary/aromatic N) is 1. The number of nitrogens with one attached hydrogen (secondary N) is 1. The summed E-state index contributed by atoms with van der Waals surface area (Å²) < 4.78 is 5.53. The molecule has 0 aliphatic heterocycles. The number of nitrogen functional groups attached to an aromatic ring is 1. The molecule has 0 aliphatic rings. The minimum atomic E-state index is -0.404. The minimum absolute atomic E-state index is 0.404. The topological polar surface area (TPSA) is 63.9 Å². The van der Waals surface area contributed by atoms with Crippen LogP contribution in [0, 0.1) is 0 Å². The largest absolute Gasteiger partial charge is 0.382 e. The van der Waals surface area contributed by atoms with Gasteiger partial charge in [-0.15, -0.1) is 6.58 Å². The van der Waals surface area contributed by atoms with Crippen LogP contribution in [0.1, 0.15) is 19.5 Å². The summed E-state index contributed by atoms with van der Waals surface area (Å²) in [6.07, 6.45) is 1.71. The smallest absolute Gasteiger partial charge is 0.145 e. The Morgan fingerprint density at radius 3 is 2.92 bits per heavy atom. The second-order valence-corrected chi connectivity index (χ2v) is 3.32. The molecular formula is C9H15N3O. The zero-order valence-electron chi connectivity index (χ0n) is 8.00. The summed E-state index contributed by atoms with van der Waals surface area (Å²) in [6.45, 7) is 7.99. The maximum atomic E-state index is 5.53. The van der Waals surface area contributed by atoms with Gasteiger partial charge in [-0.1, -0.05) is 6.08 Å². The summed E-state index contributed by atoms with van der Waals surface area (Å²) in [5.41, 5.74) is 5.95. The van der Waals surface area contributed by atoms with Gasteiger partial charge < -0.3 is 10.5 Å². The first kappa shape index (κ1) is 9.80. The SMILES string of the molecule is C=CCOC(C)(C)c1cc(N)n[nH]1. The molecule has 1 aromatic rings. The highest BCUT2D eigenvalue weighted by Gasteiger charge is 2.22. The lowest BCUT2D eigenvalue weighted by Gasteiger charge is -2.22. The van der Waals surface area contributed by atoms with Crippen molar-refractivity contribution in [3.8, 4) is 0 Å². The number of H-pyrrole nitrogens is 1. The molecule has 4 nitrogen and oxygen atoms in total. The molecule has 0 aromatic carbocycles. The summed E-state index contributed by atoms with van der Waals surface area (Å²) in [5.74, 6) is 0.477. The fourth-order valence-corrected chi connectivity index (χ4v) is 0.991. The van der Waals surface area contributed by atoms with Crippen LogP contribution in [-0.2, 0) is 10.3 Å². The van der Waals surface area contributed by atoms with Crippen LogP contribution in [0.5, 0.6) is 0 Å². The van der Waals surface area contributed by atoms with E-state index in [2.05, 4.69) is 16.8 Å². The van der Waals surface area contributed by atoms with E-state index in [4.69, 9.17) is 10.5 Å². The third-order valence-corrected chi connectivity index (χ3v) is 1.81. The van der Waals surface area contributed by atoms with Crippen LogP contribution in [0.3, 0.4) is 0 Å². The molecule has 0 spiro atoms. The summed E-state index contributed by atoms with van der Waals surface area (Å²) in [4.78, 5) is 0.